The molecule has 1 saturated heterocycles. The molecule has 0 bridgehead atoms. The van der Waals surface area contributed by atoms with Crippen LogP contribution in [-0.4, -0.2) is 42.3 Å². The van der Waals surface area contributed by atoms with Crippen LogP contribution in [0.4, 0.5) is 4.79 Å². The average molecular weight is 255 g/mol. The fourth-order valence-electron chi connectivity index (χ4n) is 2.59. The summed E-state index contributed by atoms with van der Waals surface area (Å²) < 4.78 is 10.3. The van der Waals surface area contributed by atoms with Gasteiger partial charge in [-0.2, -0.15) is 0 Å². The predicted octanol–water partition coefficient (Wildman–Crippen LogP) is 1.66. The molecule has 18 heavy (non-hydrogen) atoms. The molecular weight excluding hydrogens is 234 g/mol. The predicted molar refractivity (Wildman–Crippen MR) is 64.9 cm³/mol. The Morgan fingerprint density at radius 3 is 2.22 bits per heavy atom. The van der Waals surface area contributed by atoms with Gasteiger partial charge < -0.3 is 14.4 Å². The summed E-state index contributed by atoms with van der Waals surface area (Å²) in [5.41, 5.74) is -0.468. The van der Waals surface area contributed by atoms with Gasteiger partial charge in [0.2, 0.25) is 0 Å². The lowest BCUT2D eigenvalue weighted by molar-refractivity contribution is -0.145. The minimum atomic E-state index is -0.468. The highest BCUT2D eigenvalue weighted by atomic mass is 16.6. The zero-order chi connectivity index (χ0) is 13.5. The summed E-state index contributed by atoms with van der Waals surface area (Å²) in [4.78, 5) is 25.1. The first kappa shape index (κ1) is 13.2. The molecule has 0 N–H and O–H groups in total. The van der Waals surface area contributed by atoms with Gasteiger partial charge in [-0.25, -0.2) is 4.79 Å². The average Bonchev–Trinajstić information content (AvgIpc) is 2.72. The van der Waals surface area contributed by atoms with Crippen LogP contribution in [-0.2, 0) is 14.3 Å². The van der Waals surface area contributed by atoms with E-state index in [1.807, 2.05) is 27.7 Å². The summed E-state index contributed by atoms with van der Waals surface area (Å²) in [6.45, 7) is 9.01. The maximum atomic E-state index is 11.8. The molecule has 1 amide bonds. The molecule has 5 heteroatoms. The number of rotatable bonds is 2. The van der Waals surface area contributed by atoms with Gasteiger partial charge in [0.15, 0.2) is 0 Å². The Hall–Kier alpha value is -1.26. The van der Waals surface area contributed by atoms with Crippen LogP contribution in [0.2, 0.25) is 0 Å². The van der Waals surface area contributed by atoms with E-state index in [2.05, 4.69) is 0 Å². The van der Waals surface area contributed by atoms with Crippen LogP contribution in [0.1, 0.15) is 27.7 Å². The number of fused-ring (bicyclic) bond motifs is 1. The molecule has 0 radical (unpaired) electrons. The summed E-state index contributed by atoms with van der Waals surface area (Å²) in [5.74, 6) is 0.438. The number of nitrogens with zero attached hydrogens (tertiary/aromatic N) is 1. The van der Waals surface area contributed by atoms with E-state index in [4.69, 9.17) is 9.47 Å². The van der Waals surface area contributed by atoms with E-state index in [1.165, 1.54) is 0 Å². The van der Waals surface area contributed by atoms with Crippen molar-refractivity contribution in [3.8, 4) is 0 Å². The molecule has 3 atom stereocenters. The number of hydrogen-bond donors (Lipinski definition) is 0. The maximum Gasteiger partial charge on any atom is 0.410 e. The van der Waals surface area contributed by atoms with Gasteiger partial charge in [-0.1, -0.05) is 0 Å². The van der Waals surface area contributed by atoms with Crippen LogP contribution >= 0.6 is 0 Å². The van der Waals surface area contributed by atoms with Crippen molar-refractivity contribution >= 4 is 12.1 Å². The standard InChI is InChI=1S/C13H21NO4/c1-5-17-11(15)10-8-6-14(7-9(8)10)12(16)18-13(2,3)4/h8-10H,5-7H2,1-4H3/t8-,9+,10-. The highest BCUT2D eigenvalue weighted by Gasteiger charge is 2.61. The SMILES string of the molecule is CCOC(=O)[C@@H]1[C@@H]2CN(C(=O)OC(C)(C)C)C[C@@H]21. The Bertz CT molecular complexity index is 348. The van der Waals surface area contributed by atoms with E-state index in [0.717, 1.165) is 0 Å². The number of carbonyl (C=O) groups is 2. The molecule has 0 unspecified atom stereocenters. The van der Waals surface area contributed by atoms with Crippen LogP contribution in [0, 0.1) is 17.8 Å². The van der Waals surface area contributed by atoms with Gasteiger partial charge >= 0.3 is 12.1 Å². The van der Waals surface area contributed by atoms with Gasteiger partial charge in [-0.15, -0.1) is 0 Å². The number of hydrogen-bond acceptors (Lipinski definition) is 4. The second-order valence-electron chi connectivity index (χ2n) is 5.99. The first-order chi connectivity index (χ1) is 8.33. The Morgan fingerprint density at radius 1 is 1.22 bits per heavy atom. The fraction of sp³-hybridized carbons (Fsp3) is 0.846. The Labute approximate surface area is 107 Å². The van der Waals surface area contributed by atoms with Crippen LogP contribution in [0.3, 0.4) is 0 Å². The van der Waals surface area contributed by atoms with Gasteiger partial charge in [0.05, 0.1) is 12.5 Å². The Balaban J connectivity index is 1.81. The number of likely N-dealkylation sites (tertiary alicyclic amines) is 1. The molecule has 1 aliphatic heterocycles. The van der Waals surface area contributed by atoms with Crippen molar-refractivity contribution in [1.82, 2.24) is 4.90 Å². The fourth-order valence-corrected chi connectivity index (χ4v) is 2.59. The third-order valence-corrected chi connectivity index (χ3v) is 3.40. The van der Waals surface area contributed by atoms with E-state index in [0.29, 0.717) is 19.7 Å². The van der Waals surface area contributed by atoms with Crippen molar-refractivity contribution in [3.05, 3.63) is 0 Å². The summed E-state index contributed by atoms with van der Waals surface area (Å²) in [6.07, 6.45) is -0.280. The first-order valence-electron chi connectivity index (χ1n) is 6.48. The van der Waals surface area contributed by atoms with E-state index in [1.54, 1.807) is 4.90 Å². The largest absolute Gasteiger partial charge is 0.466 e. The quantitative estimate of drug-likeness (QED) is 0.704. The number of carbonyl (C=O) groups excluding carboxylic acids is 2. The lowest BCUT2D eigenvalue weighted by Gasteiger charge is -2.25. The van der Waals surface area contributed by atoms with E-state index >= 15 is 0 Å². The number of esters is 1. The monoisotopic (exact) mass is 255 g/mol. The Kier molecular flexibility index (Phi) is 3.25. The number of ether oxygens (including phenoxy) is 2. The molecule has 1 aliphatic carbocycles. The molecule has 2 fully saturated rings. The van der Waals surface area contributed by atoms with Gasteiger partial charge in [-0.3, -0.25) is 4.79 Å². The zero-order valence-electron chi connectivity index (χ0n) is 11.4. The molecule has 0 aromatic carbocycles. The molecule has 0 spiro atoms. The molecule has 0 aromatic heterocycles. The van der Waals surface area contributed by atoms with Crippen molar-refractivity contribution in [2.24, 2.45) is 17.8 Å². The van der Waals surface area contributed by atoms with E-state index in [9.17, 15) is 9.59 Å². The van der Waals surface area contributed by atoms with Gasteiger partial charge in [0.1, 0.15) is 5.60 Å². The topological polar surface area (TPSA) is 55.8 Å². The lowest BCUT2D eigenvalue weighted by Crippen LogP contribution is -2.37. The molecule has 102 valence electrons. The molecule has 2 aliphatic rings. The molecule has 1 heterocycles. The van der Waals surface area contributed by atoms with Gasteiger partial charge in [0, 0.05) is 13.1 Å². The molecule has 5 nitrogen and oxygen atoms in total. The normalized spacial score (nSPS) is 29.8. The van der Waals surface area contributed by atoms with Crippen LogP contribution in [0.15, 0.2) is 0 Å². The second-order valence-corrected chi connectivity index (χ2v) is 5.99. The molecule has 1 saturated carbocycles. The van der Waals surface area contributed by atoms with Crippen molar-refractivity contribution in [3.63, 3.8) is 0 Å². The van der Waals surface area contributed by atoms with E-state index in [-0.39, 0.29) is 29.8 Å². The Morgan fingerprint density at radius 2 is 1.78 bits per heavy atom. The maximum absolute atomic E-state index is 11.8. The summed E-state index contributed by atoms with van der Waals surface area (Å²) in [5, 5.41) is 0. The van der Waals surface area contributed by atoms with Crippen LogP contribution < -0.4 is 0 Å². The van der Waals surface area contributed by atoms with Crippen LogP contribution in [0.25, 0.3) is 0 Å². The minimum absolute atomic E-state index is 0.00337. The van der Waals surface area contributed by atoms with Gasteiger partial charge in [0.25, 0.3) is 0 Å². The van der Waals surface area contributed by atoms with Gasteiger partial charge in [-0.05, 0) is 39.5 Å². The van der Waals surface area contributed by atoms with Crippen molar-refractivity contribution in [1.29, 1.82) is 0 Å². The third kappa shape index (κ3) is 2.60. The van der Waals surface area contributed by atoms with Crippen LogP contribution in [0.5, 0.6) is 0 Å². The molecule has 0 aromatic rings. The van der Waals surface area contributed by atoms with Crippen molar-refractivity contribution in [2.75, 3.05) is 19.7 Å². The van der Waals surface area contributed by atoms with E-state index < -0.39 is 5.60 Å². The highest BCUT2D eigenvalue weighted by molar-refractivity contribution is 5.78. The molecular formula is C13H21NO4. The number of amides is 1. The smallest absolute Gasteiger partial charge is 0.410 e. The van der Waals surface area contributed by atoms with Crippen molar-refractivity contribution < 1.29 is 19.1 Å². The summed E-state index contributed by atoms with van der Waals surface area (Å²) >= 11 is 0. The first-order valence-corrected chi connectivity index (χ1v) is 6.48. The zero-order valence-corrected chi connectivity index (χ0v) is 11.4. The summed E-state index contributed by atoms with van der Waals surface area (Å²) in [7, 11) is 0. The number of piperidine rings is 1. The lowest BCUT2D eigenvalue weighted by atomic mass is 10.2. The summed E-state index contributed by atoms with van der Waals surface area (Å²) in [6, 6.07) is 0. The minimum Gasteiger partial charge on any atom is -0.466 e. The second kappa shape index (κ2) is 4.44. The van der Waals surface area contributed by atoms with Crippen molar-refractivity contribution in [2.45, 2.75) is 33.3 Å². The third-order valence-electron chi connectivity index (χ3n) is 3.40. The molecule has 2 rings (SSSR count). The highest BCUT2D eigenvalue weighted by Crippen LogP contribution is 2.52.